The van der Waals surface area contributed by atoms with Gasteiger partial charge in [0, 0.05) is 6.04 Å². The lowest BCUT2D eigenvalue weighted by atomic mass is 10.1. The number of nitrogens with one attached hydrogen (secondary N) is 1. The molecule has 0 aliphatic carbocycles. The Kier molecular flexibility index (Phi) is 6.23. The van der Waals surface area contributed by atoms with Crippen LogP contribution in [0.2, 0.25) is 0 Å². The summed E-state index contributed by atoms with van der Waals surface area (Å²) >= 11 is 0. The van der Waals surface area contributed by atoms with Gasteiger partial charge in [-0.05, 0) is 45.0 Å². The molecule has 0 radical (unpaired) electrons. The van der Waals surface area contributed by atoms with Crippen LogP contribution in [-0.4, -0.2) is 57.0 Å². The van der Waals surface area contributed by atoms with E-state index >= 15 is 0 Å². The molecule has 2 unspecified atom stereocenters. The maximum Gasteiger partial charge on any atom is 0.234 e. The van der Waals surface area contributed by atoms with Crippen molar-refractivity contribution < 1.29 is 17.9 Å². The number of amides is 1. The molecule has 1 heterocycles. The number of rotatable bonds is 7. The van der Waals surface area contributed by atoms with Crippen molar-refractivity contribution in [3.63, 3.8) is 0 Å². The van der Waals surface area contributed by atoms with Gasteiger partial charge in [-0.1, -0.05) is 12.1 Å². The first-order valence-electron chi connectivity index (χ1n) is 8.23. The summed E-state index contributed by atoms with van der Waals surface area (Å²) in [5, 5.41) is 2.95. The Morgan fingerprint density at radius 3 is 2.58 bits per heavy atom. The maximum absolute atomic E-state index is 12.2. The minimum atomic E-state index is -2.94. The van der Waals surface area contributed by atoms with Crippen LogP contribution in [-0.2, 0) is 14.6 Å². The maximum atomic E-state index is 12.2. The minimum absolute atomic E-state index is 0.0680. The second-order valence-corrected chi connectivity index (χ2v) is 8.49. The number of carbonyl (C=O) groups is 1. The van der Waals surface area contributed by atoms with Gasteiger partial charge in [-0.2, -0.15) is 0 Å². The molecule has 0 bridgehead atoms. The fraction of sp³-hybridized carbons (Fsp3) is 0.588. The van der Waals surface area contributed by atoms with Crippen molar-refractivity contribution in [2.45, 2.75) is 32.4 Å². The van der Waals surface area contributed by atoms with E-state index in [0.29, 0.717) is 13.0 Å². The van der Waals surface area contributed by atoms with Crippen LogP contribution in [0.15, 0.2) is 24.3 Å². The third-order valence-electron chi connectivity index (χ3n) is 4.29. The summed E-state index contributed by atoms with van der Waals surface area (Å²) in [6.45, 7) is 4.67. The van der Waals surface area contributed by atoms with Gasteiger partial charge in [0.05, 0.1) is 30.7 Å². The van der Waals surface area contributed by atoms with Crippen molar-refractivity contribution in [2.24, 2.45) is 0 Å². The average Bonchev–Trinajstić information content (AvgIpc) is 2.88. The first kappa shape index (κ1) is 18.7. The molecule has 0 spiro atoms. The van der Waals surface area contributed by atoms with Gasteiger partial charge in [0.25, 0.3) is 0 Å². The van der Waals surface area contributed by atoms with Crippen molar-refractivity contribution in [3.05, 3.63) is 29.8 Å². The smallest absolute Gasteiger partial charge is 0.234 e. The number of likely N-dealkylation sites (N-methyl/N-ethyl adjacent to an activating group) is 1. The quantitative estimate of drug-likeness (QED) is 0.801. The largest absolute Gasteiger partial charge is 0.494 e. The number of hydrogen-bond donors (Lipinski definition) is 1. The van der Waals surface area contributed by atoms with Crippen LogP contribution >= 0.6 is 0 Å². The summed E-state index contributed by atoms with van der Waals surface area (Å²) in [5.74, 6) is 1.06. The molecule has 1 N–H and O–H groups in total. The van der Waals surface area contributed by atoms with Gasteiger partial charge in [0.1, 0.15) is 5.75 Å². The lowest BCUT2D eigenvalue weighted by Gasteiger charge is -2.23. The Morgan fingerprint density at radius 2 is 2.04 bits per heavy atom. The van der Waals surface area contributed by atoms with Crippen molar-refractivity contribution in [2.75, 3.05) is 31.7 Å². The molecule has 1 aromatic rings. The molecular weight excluding hydrogens is 328 g/mol. The Hall–Kier alpha value is -1.60. The Morgan fingerprint density at radius 1 is 1.38 bits per heavy atom. The van der Waals surface area contributed by atoms with E-state index in [1.165, 1.54) is 0 Å². The first-order valence-corrected chi connectivity index (χ1v) is 10.1. The van der Waals surface area contributed by atoms with Gasteiger partial charge >= 0.3 is 0 Å². The summed E-state index contributed by atoms with van der Waals surface area (Å²) in [5.41, 5.74) is 0.998. The highest BCUT2D eigenvalue weighted by atomic mass is 32.2. The van der Waals surface area contributed by atoms with E-state index in [1.807, 2.05) is 43.0 Å². The van der Waals surface area contributed by atoms with Crippen molar-refractivity contribution in [1.29, 1.82) is 0 Å². The van der Waals surface area contributed by atoms with Crippen LogP contribution in [0, 0.1) is 0 Å². The van der Waals surface area contributed by atoms with Gasteiger partial charge in [0.2, 0.25) is 5.91 Å². The molecule has 2 atom stereocenters. The van der Waals surface area contributed by atoms with E-state index in [-0.39, 0.29) is 36.0 Å². The normalized spacial score (nSPS) is 20.8. The van der Waals surface area contributed by atoms with Crippen molar-refractivity contribution in [3.8, 4) is 5.75 Å². The number of carbonyl (C=O) groups excluding carboxylic acids is 1. The van der Waals surface area contributed by atoms with Gasteiger partial charge in [-0.3, -0.25) is 9.69 Å². The molecule has 1 amide bonds. The first-order chi connectivity index (χ1) is 11.3. The van der Waals surface area contributed by atoms with Crippen LogP contribution < -0.4 is 10.1 Å². The van der Waals surface area contributed by atoms with Gasteiger partial charge in [-0.25, -0.2) is 8.42 Å². The highest BCUT2D eigenvalue weighted by Crippen LogP contribution is 2.18. The molecule has 24 heavy (non-hydrogen) atoms. The summed E-state index contributed by atoms with van der Waals surface area (Å²) < 4.78 is 28.5. The topological polar surface area (TPSA) is 75.7 Å². The average molecular weight is 354 g/mol. The molecule has 0 saturated carbocycles. The second kappa shape index (κ2) is 7.98. The number of hydrogen-bond acceptors (Lipinski definition) is 5. The van der Waals surface area contributed by atoms with E-state index in [1.54, 1.807) is 7.05 Å². The molecule has 1 fully saturated rings. The zero-order valence-electron chi connectivity index (χ0n) is 14.5. The molecule has 6 nitrogen and oxygen atoms in total. The zero-order valence-corrected chi connectivity index (χ0v) is 15.3. The standard InChI is InChI=1S/C17H26N2O4S/c1-4-23-16-7-5-14(6-8-16)13(2)18-17(20)11-19(3)15-9-10-24(21,22)12-15/h5-8,13,15H,4,9-12H2,1-3H3,(H,18,20). The predicted molar refractivity (Wildman–Crippen MR) is 93.9 cm³/mol. The second-order valence-electron chi connectivity index (χ2n) is 6.26. The van der Waals surface area contributed by atoms with Crippen LogP contribution in [0.3, 0.4) is 0 Å². The lowest BCUT2D eigenvalue weighted by molar-refractivity contribution is -0.123. The Balaban J connectivity index is 1.85. The third kappa shape index (κ3) is 5.21. The highest BCUT2D eigenvalue weighted by molar-refractivity contribution is 7.91. The SMILES string of the molecule is CCOc1ccc(C(C)NC(=O)CN(C)C2CCS(=O)(=O)C2)cc1. The van der Waals surface area contributed by atoms with E-state index in [4.69, 9.17) is 4.74 Å². The van der Waals surface area contributed by atoms with E-state index in [2.05, 4.69) is 5.32 Å². The lowest BCUT2D eigenvalue weighted by Crippen LogP contribution is -2.41. The van der Waals surface area contributed by atoms with E-state index < -0.39 is 9.84 Å². The molecule has 0 aromatic heterocycles. The van der Waals surface area contributed by atoms with Gasteiger partial charge < -0.3 is 10.1 Å². The van der Waals surface area contributed by atoms with E-state index in [0.717, 1.165) is 11.3 Å². The Bertz CT molecular complexity index is 658. The molecule has 7 heteroatoms. The van der Waals surface area contributed by atoms with Gasteiger partial charge in [-0.15, -0.1) is 0 Å². The fourth-order valence-corrected chi connectivity index (χ4v) is 4.67. The van der Waals surface area contributed by atoms with Crippen LogP contribution in [0.1, 0.15) is 31.9 Å². The molecule has 2 rings (SSSR count). The number of sulfone groups is 1. The summed E-state index contributed by atoms with van der Waals surface area (Å²) in [6, 6.07) is 7.45. The highest BCUT2D eigenvalue weighted by Gasteiger charge is 2.31. The van der Waals surface area contributed by atoms with E-state index in [9.17, 15) is 13.2 Å². The van der Waals surface area contributed by atoms with Crippen LogP contribution in [0.4, 0.5) is 0 Å². The van der Waals surface area contributed by atoms with Crippen LogP contribution in [0.25, 0.3) is 0 Å². The van der Waals surface area contributed by atoms with Crippen molar-refractivity contribution >= 4 is 15.7 Å². The number of benzene rings is 1. The third-order valence-corrected chi connectivity index (χ3v) is 6.04. The summed E-state index contributed by atoms with van der Waals surface area (Å²) in [6.07, 6.45) is 0.598. The molecule has 1 aromatic carbocycles. The van der Waals surface area contributed by atoms with Crippen LogP contribution in [0.5, 0.6) is 5.75 Å². The summed E-state index contributed by atoms with van der Waals surface area (Å²) in [4.78, 5) is 14.0. The Labute approximate surface area is 144 Å². The molecule has 1 aliphatic rings. The fourth-order valence-electron chi connectivity index (χ4n) is 2.87. The summed E-state index contributed by atoms with van der Waals surface area (Å²) in [7, 11) is -1.14. The minimum Gasteiger partial charge on any atom is -0.494 e. The molecular formula is C17H26N2O4S. The zero-order chi connectivity index (χ0) is 17.7. The predicted octanol–water partition coefficient (Wildman–Crippen LogP) is 1.38. The van der Waals surface area contributed by atoms with Crippen molar-refractivity contribution in [1.82, 2.24) is 10.2 Å². The number of nitrogens with zero attached hydrogens (tertiary/aromatic N) is 1. The molecule has 1 aliphatic heterocycles. The monoisotopic (exact) mass is 354 g/mol. The van der Waals surface area contributed by atoms with Gasteiger partial charge in [0.15, 0.2) is 9.84 Å². The molecule has 1 saturated heterocycles. The molecule has 134 valence electrons. The number of ether oxygens (including phenoxy) is 1.